The number of methoxy groups -OCH3 is 1. The van der Waals surface area contributed by atoms with Gasteiger partial charge in [-0.15, -0.1) is 0 Å². The van der Waals surface area contributed by atoms with E-state index >= 15 is 0 Å². The van der Waals surface area contributed by atoms with Gasteiger partial charge in [0.15, 0.2) is 0 Å². The summed E-state index contributed by atoms with van der Waals surface area (Å²) in [6.07, 6.45) is 0. The van der Waals surface area contributed by atoms with Crippen LogP contribution in [0, 0.1) is 0 Å². The van der Waals surface area contributed by atoms with E-state index in [0.29, 0.717) is 12.2 Å². The van der Waals surface area contributed by atoms with Gasteiger partial charge in [0.05, 0.1) is 12.6 Å². The zero-order chi connectivity index (χ0) is 11.7. The number of ether oxygens (including phenoxy) is 1. The van der Waals surface area contributed by atoms with Gasteiger partial charge in [0.2, 0.25) is 0 Å². The summed E-state index contributed by atoms with van der Waals surface area (Å²) in [5.74, 6) is -0.172. The van der Waals surface area contributed by atoms with Gasteiger partial charge in [-0.3, -0.25) is 0 Å². The van der Waals surface area contributed by atoms with Crippen molar-refractivity contribution in [3.05, 3.63) is 30.0 Å². The maximum Gasteiger partial charge on any atom is 0.352 e. The first kappa shape index (κ1) is 10.5. The molecule has 4 heteroatoms. The monoisotopic (exact) mass is 219 g/mol. The van der Waals surface area contributed by atoms with E-state index in [4.69, 9.17) is 9.84 Å². The zero-order valence-corrected chi connectivity index (χ0v) is 9.23. The van der Waals surface area contributed by atoms with E-state index in [0.717, 1.165) is 16.7 Å². The number of carbonyl (C=O) groups is 1. The van der Waals surface area contributed by atoms with Crippen LogP contribution in [0.5, 0.6) is 5.75 Å². The summed E-state index contributed by atoms with van der Waals surface area (Å²) >= 11 is 0. The number of nitrogens with zero attached hydrogens (tertiary/aromatic N) is 1. The van der Waals surface area contributed by atoms with Gasteiger partial charge in [-0.25, -0.2) is 4.79 Å². The third kappa shape index (κ3) is 1.52. The quantitative estimate of drug-likeness (QED) is 0.862. The highest BCUT2D eigenvalue weighted by Gasteiger charge is 2.13. The molecule has 2 rings (SSSR count). The average molecular weight is 219 g/mol. The molecule has 0 spiro atoms. The molecule has 1 heterocycles. The molecule has 16 heavy (non-hydrogen) atoms. The second-order valence-corrected chi connectivity index (χ2v) is 3.50. The summed E-state index contributed by atoms with van der Waals surface area (Å²) < 4.78 is 6.89. The summed E-state index contributed by atoms with van der Waals surface area (Å²) in [7, 11) is 1.60. The van der Waals surface area contributed by atoms with Crippen molar-refractivity contribution in [3.8, 4) is 5.75 Å². The Balaban J connectivity index is 2.73. The molecule has 0 aliphatic rings. The minimum absolute atomic E-state index is 0.311. The normalized spacial score (nSPS) is 10.6. The SMILES string of the molecule is CCn1c(C(=O)O)cc2ccc(OC)cc21. The summed E-state index contributed by atoms with van der Waals surface area (Å²) in [6, 6.07) is 7.23. The second-order valence-electron chi connectivity index (χ2n) is 3.50. The van der Waals surface area contributed by atoms with Gasteiger partial charge < -0.3 is 14.4 Å². The lowest BCUT2D eigenvalue weighted by Gasteiger charge is -2.05. The maximum atomic E-state index is 11.1. The molecular weight excluding hydrogens is 206 g/mol. The lowest BCUT2D eigenvalue weighted by molar-refractivity contribution is 0.0686. The van der Waals surface area contributed by atoms with Gasteiger partial charge in [0.25, 0.3) is 0 Å². The molecule has 84 valence electrons. The van der Waals surface area contributed by atoms with E-state index in [1.54, 1.807) is 17.7 Å². The Bertz CT molecular complexity index is 542. The van der Waals surface area contributed by atoms with Crippen molar-refractivity contribution in [1.29, 1.82) is 0 Å². The van der Waals surface area contributed by atoms with Crippen LogP contribution in [0.3, 0.4) is 0 Å². The van der Waals surface area contributed by atoms with Crippen LogP contribution in [-0.2, 0) is 6.54 Å². The van der Waals surface area contributed by atoms with Gasteiger partial charge in [-0.05, 0) is 25.1 Å². The lowest BCUT2D eigenvalue weighted by atomic mass is 10.2. The highest BCUT2D eigenvalue weighted by molar-refractivity contribution is 5.95. The van der Waals surface area contributed by atoms with Gasteiger partial charge in [0.1, 0.15) is 11.4 Å². The summed E-state index contributed by atoms with van der Waals surface area (Å²) in [5.41, 5.74) is 1.20. The minimum atomic E-state index is -0.906. The number of aromatic carboxylic acids is 1. The van der Waals surface area contributed by atoms with Crippen LogP contribution >= 0.6 is 0 Å². The number of hydrogen-bond acceptors (Lipinski definition) is 2. The number of hydrogen-bond donors (Lipinski definition) is 1. The van der Waals surface area contributed by atoms with Crippen molar-refractivity contribution < 1.29 is 14.6 Å². The van der Waals surface area contributed by atoms with Crippen LogP contribution in [0.15, 0.2) is 24.3 Å². The molecule has 0 aliphatic heterocycles. The van der Waals surface area contributed by atoms with E-state index < -0.39 is 5.97 Å². The highest BCUT2D eigenvalue weighted by Crippen LogP contribution is 2.24. The largest absolute Gasteiger partial charge is 0.497 e. The van der Waals surface area contributed by atoms with Crippen LogP contribution in [-0.4, -0.2) is 22.8 Å². The van der Waals surface area contributed by atoms with Crippen molar-refractivity contribution >= 4 is 16.9 Å². The molecule has 4 nitrogen and oxygen atoms in total. The van der Waals surface area contributed by atoms with E-state index in [1.807, 2.05) is 25.1 Å². The molecule has 0 fully saturated rings. The van der Waals surface area contributed by atoms with Crippen molar-refractivity contribution in [1.82, 2.24) is 4.57 Å². The molecule has 0 unspecified atom stereocenters. The van der Waals surface area contributed by atoms with Gasteiger partial charge >= 0.3 is 5.97 Å². The number of aryl methyl sites for hydroxylation is 1. The third-order valence-electron chi connectivity index (χ3n) is 2.65. The Kier molecular flexibility index (Phi) is 2.56. The lowest BCUT2D eigenvalue weighted by Crippen LogP contribution is -2.06. The Morgan fingerprint density at radius 1 is 1.44 bits per heavy atom. The van der Waals surface area contributed by atoms with E-state index in [1.165, 1.54) is 0 Å². The third-order valence-corrected chi connectivity index (χ3v) is 2.65. The first-order valence-electron chi connectivity index (χ1n) is 5.08. The van der Waals surface area contributed by atoms with Gasteiger partial charge in [-0.1, -0.05) is 0 Å². The Hall–Kier alpha value is -1.97. The van der Waals surface area contributed by atoms with Crippen molar-refractivity contribution in [3.63, 3.8) is 0 Å². The molecule has 0 radical (unpaired) electrons. The Labute approximate surface area is 93.1 Å². The summed E-state index contributed by atoms with van der Waals surface area (Å²) in [5, 5.41) is 9.99. The number of carboxylic acids is 1. The topological polar surface area (TPSA) is 51.5 Å². The number of rotatable bonds is 3. The Morgan fingerprint density at radius 3 is 2.75 bits per heavy atom. The smallest absolute Gasteiger partial charge is 0.352 e. The summed E-state index contributed by atoms with van der Waals surface area (Å²) in [6.45, 7) is 2.55. The first-order valence-corrected chi connectivity index (χ1v) is 5.08. The molecule has 1 aromatic heterocycles. The zero-order valence-electron chi connectivity index (χ0n) is 9.23. The van der Waals surface area contributed by atoms with Gasteiger partial charge in [0, 0.05) is 18.0 Å². The number of benzene rings is 1. The fraction of sp³-hybridized carbons (Fsp3) is 0.250. The van der Waals surface area contributed by atoms with Crippen LogP contribution in [0.4, 0.5) is 0 Å². The molecule has 0 atom stereocenters. The molecule has 1 N–H and O–H groups in total. The molecule has 1 aromatic carbocycles. The number of aromatic nitrogens is 1. The molecule has 0 amide bonds. The van der Waals surface area contributed by atoms with Crippen molar-refractivity contribution in [2.75, 3.05) is 7.11 Å². The fourth-order valence-electron chi connectivity index (χ4n) is 1.88. The maximum absolute atomic E-state index is 11.1. The molecular formula is C12H13NO3. The minimum Gasteiger partial charge on any atom is -0.497 e. The molecule has 2 aromatic rings. The van der Waals surface area contributed by atoms with Crippen LogP contribution < -0.4 is 4.74 Å². The van der Waals surface area contributed by atoms with Crippen LogP contribution in [0.1, 0.15) is 17.4 Å². The van der Waals surface area contributed by atoms with Crippen LogP contribution in [0.25, 0.3) is 10.9 Å². The van der Waals surface area contributed by atoms with E-state index in [9.17, 15) is 4.79 Å². The average Bonchev–Trinajstić information content (AvgIpc) is 2.66. The first-order chi connectivity index (χ1) is 7.67. The predicted octanol–water partition coefficient (Wildman–Crippen LogP) is 2.37. The van der Waals surface area contributed by atoms with E-state index in [-0.39, 0.29) is 0 Å². The van der Waals surface area contributed by atoms with E-state index in [2.05, 4.69) is 0 Å². The van der Waals surface area contributed by atoms with Crippen LogP contribution in [0.2, 0.25) is 0 Å². The van der Waals surface area contributed by atoms with Gasteiger partial charge in [-0.2, -0.15) is 0 Å². The summed E-state index contributed by atoms with van der Waals surface area (Å²) in [4.78, 5) is 11.1. The molecule has 0 saturated carbocycles. The second kappa shape index (κ2) is 3.89. The number of fused-ring (bicyclic) bond motifs is 1. The molecule has 0 bridgehead atoms. The predicted molar refractivity (Wildman–Crippen MR) is 61.1 cm³/mol. The molecule has 0 saturated heterocycles. The van der Waals surface area contributed by atoms with Crippen molar-refractivity contribution in [2.45, 2.75) is 13.5 Å². The highest BCUT2D eigenvalue weighted by atomic mass is 16.5. The Morgan fingerprint density at radius 2 is 2.19 bits per heavy atom. The standard InChI is InChI=1S/C12H13NO3/c1-3-13-10-7-9(16-2)5-4-8(10)6-11(13)12(14)15/h4-7H,3H2,1-2H3,(H,14,15). The fourth-order valence-corrected chi connectivity index (χ4v) is 1.88. The van der Waals surface area contributed by atoms with Crippen molar-refractivity contribution in [2.24, 2.45) is 0 Å². The number of carboxylic acid groups (broad SMARTS) is 1. The molecule has 0 aliphatic carbocycles.